The first-order chi connectivity index (χ1) is 11.1. The molecule has 0 aromatic rings. The van der Waals surface area contributed by atoms with Gasteiger partial charge in [-0.3, -0.25) is 4.79 Å². The number of β-lactam (4-membered cyclic amide) rings is 1. The van der Waals surface area contributed by atoms with Crippen molar-refractivity contribution in [3.05, 3.63) is 0 Å². The van der Waals surface area contributed by atoms with Crippen molar-refractivity contribution in [3.8, 4) is 0 Å². The molecule has 1 saturated heterocycles. The highest BCUT2D eigenvalue weighted by Gasteiger charge is 2.42. The fourth-order valence-corrected chi connectivity index (χ4v) is 3.17. The molecule has 0 aromatic carbocycles. The van der Waals surface area contributed by atoms with Gasteiger partial charge < -0.3 is 14.8 Å². The number of hydrogen-bond acceptors (Lipinski definition) is 5. The van der Waals surface area contributed by atoms with Gasteiger partial charge >= 0.3 is 12.2 Å². The smallest absolute Gasteiger partial charge is 0.416 e. The van der Waals surface area contributed by atoms with E-state index in [-0.39, 0.29) is 6.54 Å². The van der Waals surface area contributed by atoms with Crippen molar-refractivity contribution >= 4 is 18.1 Å². The summed E-state index contributed by atoms with van der Waals surface area (Å²) in [5.74, 6) is 0.376. The van der Waals surface area contributed by atoms with Crippen LogP contribution in [-0.4, -0.2) is 49.3 Å². The molecule has 0 radical (unpaired) electrons. The fraction of sp³-hybridized carbons (Fsp3) is 0.812. The minimum Gasteiger partial charge on any atom is -0.452 e. The summed E-state index contributed by atoms with van der Waals surface area (Å²) < 4.78 is 9.51. The molecule has 0 unspecified atom stereocenters. The van der Waals surface area contributed by atoms with Crippen LogP contribution in [0.4, 0.5) is 9.59 Å². The molecule has 0 aromatic heterocycles. The minimum atomic E-state index is -0.705. The molecule has 1 saturated carbocycles. The van der Waals surface area contributed by atoms with Crippen LogP contribution in [0.3, 0.4) is 0 Å². The van der Waals surface area contributed by atoms with Gasteiger partial charge in [0.05, 0.1) is 20.3 Å². The second kappa shape index (κ2) is 8.74. The first-order valence-corrected chi connectivity index (χ1v) is 8.44. The normalized spacial score (nSPS) is 21.5. The molecule has 2 aliphatic rings. The Morgan fingerprint density at radius 1 is 1.22 bits per heavy atom. The molecule has 7 heteroatoms. The van der Waals surface area contributed by atoms with Crippen LogP contribution < -0.4 is 5.32 Å². The van der Waals surface area contributed by atoms with Gasteiger partial charge in [0.25, 0.3) is 5.91 Å². The molecule has 1 heterocycles. The van der Waals surface area contributed by atoms with Crippen LogP contribution in [0, 0.1) is 5.92 Å². The van der Waals surface area contributed by atoms with E-state index in [1.807, 2.05) is 0 Å². The lowest BCUT2D eigenvalue weighted by Crippen LogP contribution is -2.65. The average Bonchev–Trinajstić information content (AvgIpc) is 2.58. The SMILES string of the molecule is COC(=O)N1C[C@H](NC(=O)OCCCCC2CCCCC2)C1=O. The van der Waals surface area contributed by atoms with E-state index in [9.17, 15) is 14.4 Å². The van der Waals surface area contributed by atoms with Crippen LogP contribution in [0.25, 0.3) is 0 Å². The third-order valence-corrected chi connectivity index (χ3v) is 4.58. The maximum absolute atomic E-state index is 11.6. The number of alkyl carbamates (subject to hydrolysis) is 1. The maximum Gasteiger partial charge on any atom is 0.416 e. The van der Waals surface area contributed by atoms with Crippen molar-refractivity contribution in [2.75, 3.05) is 20.3 Å². The largest absolute Gasteiger partial charge is 0.452 e. The molecule has 0 spiro atoms. The van der Waals surface area contributed by atoms with Crippen molar-refractivity contribution in [2.45, 2.75) is 57.4 Å². The second-order valence-electron chi connectivity index (χ2n) is 6.25. The van der Waals surface area contributed by atoms with E-state index in [0.29, 0.717) is 6.61 Å². The minimum absolute atomic E-state index is 0.127. The van der Waals surface area contributed by atoms with E-state index in [1.54, 1.807) is 0 Å². The van der Waals surface area contributed by atoms with Crippen molar-refractivity contribution in [2.24, 2.45) is 5.92 Å². The predicted octanol–water partition coefficient (Wildman–Crippen LogP) is 2.44. The van der Waals surface area contributed by atoms with E-state index in [1.165, 1.54) is 45.6 Å². The van der Waals surface area contributed by atoms with Gasteiger partial charge in [-0.25, -0.2) is 14.5 Å². The summed E-state index contributed by atoms with van der Waals surface area (Å²) in [6, 6.07) is -0.691. The molecule has 7 nitrogen and oxygen atoms in total. The third-order valence-electron chi connectivity index (χ3n) is 4.58. The Balaban J connectivity index is 1.51. The molecule has 23 heavy (non-hydrogen) atoms. The first kappa shape index (κ1) is 17.6. The summed E-state index contributed by atoms with van der Waals surface area (Å²) in [5, 5.41) is 2.46. The predicted molar refractivity (Wildman–Crippen MR) is 82.8 cm³/mol. The maximum atomic E-state index is 11.6. The molecule has 1 aliphatic carbocycles. The third kappa shape index (κ3) is 5.11. The van der Waals surface area contributed by atoms with Crippen LogP contribution in [-0.2, 0) is 14.3 Å². The number of carbonyl (C=O) groups excluding carboxylic acids is 3. The fourth-order valence-electron chi connectivity index (χ4n) is 3.17. The van der Waals surface area contributed by atoms with Gasteiger partial charge in [-0.15, -0.1) is 0 Å². The van der Waals surface area contributed by atoms with Gasteiger partial charge in [0.1, 0.15) is 6.04 Å². The Labute approximate surface area is 136 Å². The van der Waals surface area contributed by atoms with Gasteiger partial charge in [0.15, 0.2) is 0 Å². The highest BCUT2D eigenvalue weighted by atomic mass is 16.6. The zero-order valence-corrected chi connectivity index (χ0v) is 13.7. The van der Waals surface area contributed by atoms with Crippen molar-refractivity contribution in [1.82, 2.24) is 10.2 Å². The number of likely N-dealkylation sites (tertiary alicyclic amines) is 1. The lowest BCUT2D eigenvalue weighted by molar-refractivity contribution is -0.140. The van der Waals surface area contributed by atoms with Crippen LogP contribution in [0.5, 0.6) is 0 Å². The number of unbranched alkanes of at least 4 members (excludes halogenated alkanes) is 1. The van der Waals surface area contributed by atoms with Crippen LogP contribution in [0.15, 0.2) is 0 Å². The summed E-state index contributed by atoms with van der Waals surface area (Å²) in [5.41, 5.74) is 0. The number of amides is 3. The lowest BCUT2D eigenvalue weighted by atomic mass is 9.86. The average molecular weight is 326 g/mol. The molecule has 130 valence electrons. The summed E-state index contributed by atoms with van der Waals surface area (Å²) in [4.78, 5) is 35.3. The Hall–Kier alpha value is -1.79. The monoisotopic (exact) mass is 326 g/mol. The van der Waals surface area contributed by atoms with Crippen LogP contribution in [0.2, 0.25) is 0 Å². The standard InChI is InChI=1S/C16H26N2O5/c1-22-16(21)18-11-13(14(18)19)17-15(20)23-10-6-5-9-12-7-3-2-4-8-12/h12-13H,2-11H2,1H3,(H,17,20)/t13-/m0/s1. The quantitative estimate of drug-likeness (QED) is 0.598. The number of nitrogens with zero attached hydrogens (tertiary/aromatic N) is 1. The van der Waals surface area contributed by atoms with Crippen molar-refractivity contribution in [3.63, 3.8) is 0 Å². The molecule has 3 amide bonds. The zero-order valence-electron chi connectivity index (χ0n) is 13.7. The second-order valence-corrected chi connectivity index (χ2v) is 6.25. The van der Waals surface area contributed by atoms with E-state index in [4.69, 9.17) is 4.74 Å². The van der Waals surface area contributed by atoms with E-state index < -0.39 is 24.1 Å². The molecule has 1 aliphatic heterocycles. The van der Waals surface area contributed by atoms with Crippen LogP contribution >= 0.6 is 0 Å². The molecule has 1 atom stereocenters. The molecular weight excluding hydrogens is 300 g/mol. The number of carbonyl (C=O) groups is 3. The topological polar surface area (TPSA) is 84.9 Å². The van der Waals surface area contributed by atoms with Gasteiger partial charge in [-0.1, -0.05) is 38.5 Å². The Bertz CT molecular complexity index is 434. The van der Waals surface area contributed by atoms with Gasteiger partial charge in [-0.2, -0.15) is 0 Å². The summed E-state index contributed by atoms with van der Waals surface area (Å²) in [7, 11) is 1.21. The summed E-state index contributed by atoms with van der Waals surface area (Å²) in [6.07, 6.45) is 8.54. The van der Waals surface area contributed by atoms with E-state index in [2.05, 4.69) is 10.1 Å². The first-order valence-electron chi connectivity index (χ1n) is 8.44. The van der Waals surface area contributed by atoms with Crippen LogP contribution in [0.1, 0.15) is 51.4 Å². The number of imide groups is 1. The number of nitrogens with one attached hydrogen (secondary N) is 1. The van der Waals surface area contributed by atoms with E-state index in [0.717, 1.165) is 23.7 Å². The summed E-state index contributed by atoms with van der Waals surface area (Å²) >= 11 is 0. The Morgan fingerprint density at radius 2 is 1.96 bits per heavy atom. The van der Waals surface area contributed by atoms with Crippen molar-refractivity contribution in [1.29, 1.82) is 0 Å². The summed E-state index contributed by atoms with van der Waals surface area (Å²) in [6.45, 7) is 0.489. The van der Waals surface area contributed by atoms with Crippen molar-refractivity contribution < 1.29 is 23.9 Å². The number of methoxy groups -OCH3 is 1. The van der Waals surface area contributed by atoms with Gasteiger partial charge in [0.2, 0.25) is 0 Å². The highest BCUT2D eigenvalue weighted by molar-refractivity contribution is 6.01. The molecule has 2 fully saturated rings. The molecule has 2 rings (SSSR count). The number of ether oxygens (including phenoxy) is 2. The molecule has 1 N–H and O–H groups in total. The Morgan fingerprint density at radius 3 is 2.61 bits per heavy atom. The molecular formula is C16H26N2O5. The van der Waals surface area contributed by atoms with Gasteiger partial charge in [0, 0.05) is 0 Å². The van der Waals surface area contributed by atoms with E-state index >= 15 is 0 Å². The molecule has 0 bridgehead atoms. The zero-order chi connectivity index (χ0) is 16.7. The highest BCUT2D eigenvalue weighted by Crippen LogP contribution is 2.27. The van der Waals surface area contributed by atoms with Gasteiger partial charge in [-0.05, 0) is 18.8 Å². The lowest BCUT2D eigenvalue weighted by Gasteiger charge is -2.35. The number of rotatable bonds is 6. The Kier molecular flexibility index (Phi) is 6.67. The number of hydrogen-bond donors (Lipinski definition) is 1.